The number of carbonyl (C=O) groups is 2. The average Bonchev–Trinajstić information content (AvgIpc) is 2.94. The first-order chi connectivity index (χ1) is 19.9. The van der Waals surface area contributed by atoms with Crippen LogP contribution in [0.1, 0.15) is 51.3 Å². The quantitative estimate of drug-likeness (QED) is 0.124. The van der Waals surface area contributed by atoms with Gasteiger partial charge in [-0.2, -0.15) is 18.3 Å². The Labute approximate surface area is 262 Å². The molecule has 224 valence electrons. The van der Waals surface area contributed by atoms with Crippen molar-refractivity contribution in [2.45, 2.75) is 26.6 Å². The van der Waals surface area contributed by atoms with Crippen LogP contribution >= 0.6 is 34.2 Å². The second-order valence-electron chi connectivity index (χ2n) is 9.55. The number of benzene rings is 3. The highest BCUT2D eigenvalue weighted by atomic mass is 127. The van der Waals surface area contributed by atoms with Gasteiger partial charge in [0.05, 0.1) is 28.1 Å². The van der Waals surface area contributed by atoms with Gasteiger partial charge in [-0.15, -0.1) is 0 Å². The zero-order chi connectivity index (χ0) is 30.9. The number of carbonyl (C=O) groups excluding carboxylic acids is 2. The molecule has 0 aliphatic heterocycles. The first-order valence-electron chi connectivity index (χ1n) is 13.2. The monoisotopic (exact) mass is 713 g/mol. The number of anilines is 1. The van der Waals surface area contributed by atoms with Crippen LogP contribution in [-0.4, -0.2) is 61.1 Å². The van der Waals surface area contributed by atoms with E-state index in [1.54, 1.807) is 24.3 Å². The summed E-state index contributed by atoms with van der Waals surface area (Å²) < 4.78 is 40.1. The SMILES string of the molecule is CCN(CC)CCN(C)Cc1cccc(C(=O)Nc2ccc(I)cc2C(=O)NN=Cc2ccc(Cl)c(C(F)(F)F)c2)c1. The van der Waals surface area contributed by atoms with Crippen LogP contribution < -0.4 is 10.7 Å². The zero-order valence-corrected chi connectivity index (χ0v) is 26.3. The van der Waals surface area contributed by atoms with Gasteiger partial charge in [-0.3, -0.25) is 9.59 Å². The Kier molecular flexibility index (Phi) is 12.3. The van der Waals surface area contributed by atoms with E-state index >= 15 is 0 Å². The Morgan fingerprint density at radius 2 is 1.74 bits per heavy atom. The summed E-state index contributed by atoms with van der Waals surface area (Å²) in [6.07, 6.45) is -3.54. The number of amides is 2. The molecular weight excluding hydrogens is 682 g/mol. The molecule has 0 aromatic heterocycles. The van der Waals surface area contributed by atoms with Crippen molar-refractivity contribution in [1.82, 2.24) is 15.2 Å². The maximum Gasteiger partial charge on any atom is 0.417 e. The molecule has 0 saturated carbocycles. The molecule has 2 amide bonds. The molecule has 0 spiro atoms. The van der Waals surface area contributed by atoms with Gasteiger partial charge in [0.2, 0.25) is 0 Å². The van der Waals surface area contributed by atoms with E-state index in [1.807, 2.05) is 47.8 Å². The summed E-state index contributed by atoms with van der Waals surface area (Å²) in [5, 5.41) is 6.16. The van der Waals surface area contributed by atoms with E-state index in [1.165, 1.54) is 6.07 Å². The van der Waals surface area contributed by atoms with Crippen molar-refractivity contribution in [3.63, 3.8) is 0 Å². The highest BCUT2D eigenvalue weighted by molar-refractivity contribution is 14.1. The normalized spacial score (nSPS) is 11.9. The van der Waals surface area contributed by atoms with Crippen molar-refractivity contribution >= 4 is 57.9 Å². The Morgan fingerprint density at radius 1 is 1.00 bits per heavy atom. The van der Waals surface area contributed by atoms with Crippen molar-refractivity contribution in [2.75, 3.05) is 38.5 Å². The summed E-state index contributed by atoms with van der Waals surface area (Å²) in [5.41, 5.74) is 3.24. The molecule has 0 radical (unpaired) electrons. The van der Waals surface area contributed by atoms with Gasteiger partial charge >= 0.3 is 6.18 Å². The first-order valence-corrected chi connectivity index (χ1v) is 14.7. The van der Waals surface area contributed by atoms with E-state index < -0.39 is 22.7 Å². The third kappa shape index (κ3) is 9.79. The summed E-state index contributed by atoms with van der Waals surface area (Å²) in [4.78, 5) is 30.6. The fraction of sp³-hybridized carbons (Fsp3) is 0.300. The number of nitrogens with one attached hydrogen (secondary N) is 2. The second-order valence-corrected chi connectivity index (χ2v) is 11.2. The number of nitrogens with zero attached hydrogens (tertiary/aromatic N) is 3. The summed E-state index contributed by atoms with van der Waals surface area (Å²) in [5.74, 6) is -1.03. The highest BCUT2D eigenvalue weighted by Crippen LogP contribution is 2.34. The minimum absolute atomic E-state index is 0.0989. The minimum atomic E-state index is -4.63. The third-order valence-electron chi connectivity index (χ3n) is 6.48. The van der Waals surface area contributed by atoms with Gasteiger partial charge in [0.15, 0.2) is 0 Å². The number of halogens is 5. The number of hydrogen-bond acceptors (Lipinski definition) is 5. The highest BCUT2D eigenvalue weighted by Gasteiger charge is 2.33. The molecule has 0 unspecified atom stereocenters. The molecule has 12 heteroatoms. The summed E-state index contributed by atoms with van der Waals surface area (Å²) >= 11 is 7.69. The van der Waals surface area contributed by atoms with Gasteiger partial charge in [-0.25, -0.2) is 5.43 Å². The Balaban J connectivity index is 1.69. The molecule has 0 atom stereocenters. The van der Waals surface area contributed by atoms with E-state index in [0.717, 1.165) is 53.7 Å². The molecule has 0 bridgehead atoms. The standard InChI is InChI=1S/C30H32ClF3IN5O2/c1-4-40(5-2)14-13-39(3)19-21-7-6-8-22(15-21)28(41)37-27-12-10-23(35)17-24(27)29(42)38-36-18-20-9-11-26(31)25(16-20)30(32,33)34/h6-12,15-18H,4-5,13-14,19H2,1-3H3,(H,37,41)(H,38,42). The maximum atomic E-state index is 13.1. The van der Waals surface area contributed by atoms with Crippen molar-refractivity contribution in [1.29, 1.82) is 0 Å². The lowest BCUT2D eigenvalue weighted by Gasteiger charge is -2.23. The van der Waals surface area contributed by atoms with E-state index in [2.05, 4.69) is 39.5 Å². The lowest BCUT2D eigenvalue weighted by atomic mass is 10.1. The van der Waals surface area contributed by atoms with E-state index in [4.69, 9.17) is 11.6 Å². The van der Waals surface area contributed by atoms with Crippen LogP contribution in [0.2, 0.25) is 5.02 Å². The number of hydrazone groups is 1. The van der Waals surface area contributed by atoms with Crippen LogP contribution in [-0.2, 0) is 12.7 Å². The summed E-state index contributed by atoms with van der Waals surface area (Å²) in [7, 11) is 2.04. The van der Waals surface area contributed by atoms with E-state index in [-0.39, 0.29) is 22.7 Å². The molecule has 3 aromatic carbocycles. The number of hydrogen-bond donors (Lipinski definition) is 2. The van der Waals surface area contributed by atoms with Crippen LogP contribution in [0, 0.1) is 3.57 Å². The van der Waals surface area contributed by atoms with Crippen molar-refractivity contribution in [3.05, 3.63) is 97.1 Å². The van der Waals surface area contributed by atoms with Crippen LogP contribution in [0.25, 0.3) is 0 Å². The second kappa shape index (κ2) is 15.5. The number of likely N-dealkylation sites (N-methyl/N-ethyl adjacent to an activating group) is 2. The predicted molar refractivity (Wildman–Crippen MR) is 169 cm³/mol. The fourth-order valence-corrected chi connectivity index (χ4v) is 4.84. The molecule has 7 nitrogen and oxygen atoms in total. The molecule has 3 aromatic rings. The van der Waals surface area contributed by atoms with Gasteiger partial charge < -0.3 is 15.1 Å². The largest absolute Gasteiger partial charge is 0.417 e. The topological polar surface area (TPSA) is 77.0 Å². The Morgan fingerprint density at radius 3 is 2.43 bits per heavy atom. The lowest BCUT2D eigenvalue weighted by molar-refractivity contribution is -0.137. The summed E-state index contributed by atoms with van der Waals surface area (Å²) in [6.45, 7) is 8.79. The van der Waals surface area contributed by atoms with Crippen molar-refractivity contribution < 1.29 is 22.8 Å². The average molecular weight is 714 g/mol. The molecule has 2 N–H and O–H groups in total. The van der Waals surface area contributed by atoms with Crippen LogP contribution in [0.3, 0.4) is 0 Å². The van der Waals surface area contributed by atoms with Crippen LogP contribution in [0.4, 0.5) is 18.9 Å². The molecule has 3 rings (SSSR count). The minimum Gasteiger partial charge on any atom is -0.321 e. The van der Waals surface area contributed by atoms with Crippen LogP contribution in [0.5, 0.6) is 0 Å². The van der Waals surface area contributed by atoms with Gasteiger partial charge in [0.1, 0.15) is 0 Å². The Hall–Kier alpha value is -3.00. The predicted octanol–water partition coefficient (Wildman–Crippen LogP) is 6.75. The maximum absolute atomic E-state index is 13.1. The fourth-order valence-electron chi connectivity index (χ4n) is 4.13. The van der Waals surface area contributed by atoms with Crippen LogP contribution in [0.15, 0.2) is 65.8 Å². The molecule has 42 heavy (non-hydrogen) atoms. The summed E-state index contributed by atoms with van der Waals surface area (Å²) in [6, 6.07) is 15.5. The molecule has 0 aliphatic rings. The molecular formula is C30H32ClF3IN5O2. The van der Waals surface area contributed by atoms with Gasteiger partial charge in [-0.1, -0.05) is 43.6 Å². The van der Waals surface area contributed by atoms with Gasteiger partial charge in [0.25, 0.3) is 11.8 Å². The first kappa shape index (κ1) is 33.5. The van der Waals surface area contributed by atoms with Crippen molar-refractivity contribution in [2.24, 2.45) is 5.10 Å². The number of rotatable bonds is 12. The van der Waals surface area contributed by atoms with Gasteiger partial charge in [0, 0.05) is 28.8 Å². The molecule has 0 saturated heterocycles. The lowest BCUT2D eigenvalue weighted by Crippen LogP contribution is -2.32. The zero-order valence-electron chi connectivity index (χ0n) is 23.4. The molecule has 0 fully saturated rings. The smallest absolute Gasteiger partial charge is 0.321 e. The molecule has 0 aliphatic carbocycles. The van der Waals surface area contributed by atoms with E-state index in [0.29, 0.717) is 12.1 Å². The third-order valence-corrected chi connectivity index (χ3v) is 7.48. The number of alkyl halides is 3. The van der Waals surface area contributed by atoms with E-state index in [9.17, 15) is 22.8 Å². The molecule has 0 heterocycles. The van der Waals surface area contributed by atoms with Gasteiger partial charge in [-0.05, 0) is 96.3 Å². The van der Waals surface area contributed by atoms with Crippen molar-refractivity contribution in [3.8, 4) is 0 Å². The Bertz CT molecular complexity index is 1430.